The molecule has 0 fully saturated rings. The topological polar surface area (TPSA) is 477 Å². The van der Waals surface area contributed by atoms with Gasteiger partial charge >= 0.3 is 0 Å². The summed E-state index contributed by atoms with van der Waals surface area (Å²) in [6.45, 7) is -0.571. The second-order valence-corrected chi connectivity index (χ2v) is 5.70. The number of aliphatic hydroxyl groups is 6. The van der Waals surface area contributed by atoms with Gasteiger partial charge in [-0.15, -0.1) is 4.99 Å². The van der Waals surface area contributed by atoms with Crippen LogP contribution in [0.2, 0.25) is 0 Å². The maximum absolute atomic E-state index is 8.58. The van der Waals surface area contributed by atoms with E-state index in [4.69, 9.17) is 77.9 Å². The van der Waals surface area contributed by atoms with Gasteiger partial charge in [0.2, 0.25) is 36.0 Å². The molecule has 0 bridgehead atoms. The van der Waals surface area contributed by atoms with Crippen LogP contribution in [0.1, 0.15) is 14.9 Å². The zero-order chi connectivity index (χ0) is 37.0. The maximum Gasteiger partial charge on any atom is 0.209 e. The Labute approximate surface area is 282 Å². The summed E-state index contributed by atoms with van der Waals surface area (Å²) in [4.78, 5) is 25.2. The predicted octanol–water partition coefficient (Wildman–Crippen LogP) is -7.52. The van der Waals surface area contributed by atoms with Gasteiger partial charge in [0.25, 0.3) is 0 Å². The Kier molecular flexibility index (Phi) is 63.4. The van der Waals surface area contributed by atoms with Gasteiger partial charge in [0.1, 0.15) is 60.6 Å². The molecule has 49 heavy (non-hydrogen) atoms. The first-order valence-electron chi connectivity index (χ1n) is 11.5. The van der Waals surface area contributed by atoms with Gasteiger partial charge in [-0.05, 0) is 0 Å². The van der Waals surface area contributed by atoms with E-state index < -0.39 is 13.5 Å². The van der Waals surface area contributed by atoms with Crippen molar-refractivity contribution in [3.8, 4) is 31.0 Å². The third-order valence-corrected chi connectivity index (χ3v) is 2.95. The Balaban J connectivity index is -0.000000101. The molecule has 28 nitrogen and oxygen atoms in total. The predicted molar refractivity (Wildman–Crippen MR) is 173 cm³/mol. The third-order valence-electron chi connectivity index (χ3n) is 2.95. The number of aliphatic imine (C=N–C) groups is 5. The second-order valence-electron chi connectivity index (χ2n) is 5.70. The summed E-state index contributed by atoms with van der Waals surface area (Å²) >= 11 is 0. The number of nitrogens with two attached hydrogens (primary N) is 2. The van der Waals surface area contributed by atoms with Crippen molar-refractivity contribution in [2.24, 2.45) is 36.4 Å². The molecule has 0 radical (unpaired) electrons. The first kappa shape index (κ1) is 57.8. The summed E-state index contributed by atoms with van der Waals surface area (Å²) in [7, 11) is 0. The Morgan fingerprint density at radius 1 is 0.571 bits per heavy atom. The average molecular weight is 705 g/mol. The van der Waals surface area contributed by atoms with Crippen LogP contribution in [0.4, 0.5) is 0 Å². The molecule has 0 aliphatic rings. The Morgan fingerprint density at radius 2 is 0.837 bits per heavy atom. The molecule has 0 aromatic heterocycles. The van der Waals surface area contributed by atoms with Crippen molar-refractivity contribution < 1.29 is 40.2 Å². The fourth-order valence-corrected chi connectivity index (χ4v) is 1.53. The van der Waals surface area contributed by atoms with Crippen molar-refractivity contribution in [2.45, 2.75) is 14.9 Å². The van der Waals surface area contributed by atoms with Gasteiger partial charge in [-0.1, -0.05) is 14.9 Å². The lowest BCUT2D eigenvalue weighted by Gasteiger charge is -2.05. The van der Waals surface area contributed by atoms with E-state index in [2.05, 4.69) is 67.5 Å². The van der Waals surface area contributed by atoms with Crippen molar-refractivity contribution in [3.05, 3.63) is 0 Å². The van der Waals surface area contributed by atoms with E-state index in [-0.39, 0.29) is 85.0 Å². The van der Waals surface area contributed by atoms with Crippen LogP contribution in [-0.4, -0.2) is 121 Å². The number of hydrogen-bond donors (Lipinski definition) is 16. The Hall–Kier alpha value is -6.81. The van der Waals surface area contributed by atoms with Crippen LogP contribution < -0.4 is 54.0 Å². The van der Waals surface area contributed by atoms with Crippen LogP contribution in [0.5, 0.6) is 0 Å². The van der Waals surface area contributed by atoms with Gasteiger partial charge in [-0.2, -0.15) is 26.3 Å². The molecule has 0 spiro atoms. The molecule has 276 valence electrons. The molecule has 0 aliphatic heterocycles. The highest BCUT2D eigenvalue weighted by atomic mass is 16.5. The lowest BCUT2D eigenvalue weighted by Crippen LogP contribution is -2.35. The molecule has 0 aliphatic carbocycles. The minimum absolute atomic E-state index is 0. The number of rotatable bonds is 10. The quantitative estimate of drug-likeness (QED) is 0.0251. The lowest BCUT2D eigenvalue weighted by atomic mass is 10.8. The molecule has 0 heterocycles. The zero-order valence-electron chi connectivity index (χ0n) is 24.5. The minimum Gasteiger partial charge on any atom is -0.376 e. The summed E-state index contributed by atoms with van der Waals surface area (Å²) < 4.78 is 4.96. The van der Waals surface area contributed by atoms with Crippen LogP contribution in [-0.2, 0) is 9.53 Å². The van der Waals surface area contributed by atoms with Crippen molar-refractivity contribution in [2.75, 3.05) is 53.8 Å². The molecular formula is C21H44N20O8. The number of aliphatic hydroxyl groups excluding tert-OH is 6. The van der Waals surface area contributed by atoms with Crippen LogP contribution in [0.25, 0.3) is 0 Å². The average Bonchev–Trinajstić information content (AvgIpc) is 3.04. The lowest BCUT2D eigenvalue weighted by molar-refractivity contribution is -0.0980. The van der Waals surface area contributed by atoms with Crippen LogP contribution in [0, 0.1) is 57.3 Å². The summed E-state index contributed by atoms with van der Waals surface area (Å²) in [5.74, 6) is 0.00757. The summed E-state index contributed by atoms with van der Waals surface area (Å²) in [5.41, 5.74) is 9.42. The summed E-state index contributed by atoms with van der Waals surface area (Å²) in [6.07, 6.45) is 7.80. The van der Waals surface area contributed by atoms with Gasteiger partial charge in [0, 0.05) is 0 Å². The molecule has 0 unspecified atom stereocenters. The Morgan fingerprint density at radius 3 is 1.00 bits per heavy atom. The van der Waals surface area contributed by atoms with Gasteiger partial charge in [-0.25, -0.2) is 20.0 Å². The monoisotopic (exact) mass is 704 g/mol. The van der Waals surface area contributed by atoms with Gasteiger partial charge in [0.05, 0.1) is 0 Å². The number of ether oxygens (including phenoxy) is 1. The molecule has 0 aromatic rings. The Bertz CT molecular complexity index is 1060. The normalized spacial score (nSPS) is 9.33. The molecule has 0 saturated carbocycles. The molecule has 0 aromatic carbocycles. The number of carbonyl (C=O) groups excluding carboxylic acids is 1. The van der Waals surface area contributed by atoms with Crippen LogP contribution >= 0.6 is 0 Å². The van der Waals surface area contributed by atoms with E-state index in [0.29, 0.717) is 0 Å². The van der Waals surface area contributed by atoms with E-state index in [1.54, 1.807) is 24.8 Å². The number of guanidine groups is 5. The number of carbonyl (C=O) groups is 1. The van der Waals surface area contributed by atoms with Crippen LogP contribution in [0.15, 0.2) is 25.0 Å². The fraction of sp³-hybridized carbons (Fsp3) is 0.476. The van der Waals surface area contributed by atoms with Crippen LogP contribution in [0.3, 0.4) is 0 Å². The zero-order valence-corrected chi connectivity index (χ0v) is 24.5. The van der Waals surface area contributed by atoms with Crippen molar-refractivity contribution in [1.82, 2.24) is 42.5 Å². The summed E-state index contributed by atoms with van der Waals surface area (Å²) in [5, 5.41) is 109. The molecular weight excluding hydrogens is 660 g/mol. The van der Waals surface area contributed by atoms with Gasteiger partial charge in [-0.3, -0.25) is 21.3 Å². The first-order valence-corrected chi connectivity index (χ1v) is 11.5. The molecule has 18 N–H and O–H groups in total. The molecule has 0 rings (SSSR count). The van der Waals surface area contributed by atoms with E-state index in [1.807, 2.05) is 6.79 Å². The highest BCUT2D eigenvalue weighted by molar-refractivity contribution is 5.82. The molecule has 0 atom stereocenters. The van der Waals surface area contributed by atoms with Gasteiger partial charge in [0.15, 0.2) is 24.8 Å². The van der Waals surface area contributed by atoms with Crippen molar-refractivity contribution >= 4 is 36.6 Å². The third kappa shape index (κ3) is 54.1. The summed E-state index contributed by atoms with van der Waals surface area (Å²) in [6, 6.07) is 0. The first-order chi connectivity index (χ1) is 22.7. The SMILES string of the molecule is C.C.C=O.N#CN=C(N)N.N#CNC(=NCO)NCO.N#CNC(=NCO)NCO.N#CNC(=NCOCN=C(NC#N)NCO)NCO. The minimum atomic E-state index is -0.434. The highest BCUT2D eigenvalue weighted by Gasteiger charge is 1.96. The van der Waals surface area contributed by atoms with E-state index in [9.17, 15) is 0 Å². The second kappa shape index (κ2) is 53.7. The van der Waals surface area contributed by atoms with E-state index in [1.165, 1.54) is 6.19 Å². The number of nitriles is 5. The smallest absolute Gasteiger partial charge is 0.209 e. The highest BCUT2D eigenvalue weighted by Crippen LogP contribution is 1.80. The van der Waals surface area contributed by atoms with E-state index >= 15 is 0 Å². The van der Waals surface area contributed by atoms with E-state index in [0.717, 1.165) is 0 Å². The number of hydrogen-bond acceptors (Lipinski definition) is 18. The number of nitrogens with zero attached hydrogens (tertiary/aromatic N) is 10. The molecule has 0 amide bonds. The maximum atomic E-state index is 8.58. The van der Waals surface area contributed by atoms with Gasteiger partial charge < -0.3 is 72.9 Å². The molecule has 28 heteroatoms. The number of nitrogens with one attached hydrogen (secondary N) is 8. The largest absolute Gasteiger partial charge is 0.376 e. The van der Waals surface area contributed by atoms with Crippen molar-refractivity contribution in [3.63, 3.8) is 0 Å². The standard InChI is InChI=1S/C8H14N8O3.2C4H8N4O2.C2H4N4.CH2O.2CH4/c9-1-11-7(13-3-17)15-5-19-6-16-8(12-2-10)14-4-18;2*5-1-6-4(7-2-9)8-3-10;3-1-6-2(4)5;1-2;;/h17-18H,3-6H2,(H2,11,13,15)(H2,12,14,16);2*9-10H,2-3H2,(H2,6,7,8);(H4,4,5,6);1H2;2*1H4. The fourth-order valence-electron chi connectivity index (χ4n) is 1.53. The van der Waals surface area contributed by atoms with Crippen molar-refractivity contribution in [1.29, 1.82) is 26.3 Å². The molecule has 0 saturated heterocycles.